The van der Waals surface area contributed by atoms with E-state index in [-0.39, 0.29) is 12.2 Å². The van der Waals surface area contributed by atoms with Gasteiger partial charge in [0.15, 0.2) is 0 Å². The van der Waals surface area contributed by atoms with Crippen molar-refractivity contribution in [1.82, 2.24) is 4.98 Å². The molecule has 1 aliphatic heterocycles. The van der Waals surface area contributed by atoms with E-state index in [9.17, 15) is 5.11 Å². The molecule has 4 heteroatoms. The van der Waals surface area contributed by atoms with E-state index >= 15 is 0 Å². The highest BCUT2D eigenvalue weighted by atomic mass is 16.5. The van der Waals surface area contributed by atoms with Crippen LogP contribution in [0.2, 0.25) is 0 Å². The van der Waals surface area contributed by atoms with Crippen molar-refractivity contribution in [3.8, 4) is 5.75 Å². The summed E-state index contributed by atoms with van der Waals surface area (Å²) >= 11 is 0. The van der Waals surface area contributed by atoms with Crippen molar-refractivity contribution in [2.24, 2.45) is 0 Å². The molecule has 2 atom stereocenters. The van der Waals surface area contributed by atoms with Crippen LogP contribution in [0.25, 0.3) is 0 Å². The normalized spacial score (nSPS) is 26.8. The van der Waals surface area contributed by atoms with Crippen molar-refractivity contribution >= 4 is 0 Å². The molecule has 0 aromatic carbocycles. The number of pyridine rings is 1. The molecule has 0 amide bonds. The lowest BCUT2D eigenvalue weighted by Gasteiger charge is -2.37. The zero-order valence-electron chi connectivity index (χ0n) is 12.6. The van der Waals surface area contributed by atoms with Crippen LogP contribution in [0.15, 0.2) is 18.5 Å². The minimum Gasteiger partial charge on any atom is -0.489 e. The van der Waals surface area contributed by atoms with Gasteiger partial charge in [-0.2, -0.15) is 0 Å². The van der Waals surface area contributed by atoms with Gasteiger partial charge >= 0.3 is 0 Å². The second kappa shape index (κ2) is 6.55. The molecule has 2 unspecified atom stereocenters. The molecular weight excluding hydrogens is 254 g/mol. The fraction of sp³-hybridized carbons (Fsp3) is 0.688. The Kier molecular flexibility index (Phi) is 5.00. The third-order valence-electron chi connectivity index (χ3n) is 3.67. The summed E-state index contributed by atoms with van der Waals surface area (Å²) in [5.74, 6) is 0.712. The molecule has 4 nitrogen and oxygen atoms in total. The highest BCUT2D eigenvalue weighted by Gasteiger charge is 2.36. The fourth-order valence-electron chi connectivity index (χ4n) is 2.71. The topological polar surface area (TPSA) is 51.6 Å². The number of aromatic nitrogens is 1. The van der Waals surface area contributed by atoms with Crippen molar-refractivity contribution in [3.63, 3.8) is 0 Å². The van der Waals surface area contributed by atoms with E-state index in [1.54, 1.807) is 12.4 Å². The summed E-state index contributed by atoms with van der Waals surface area (Å²) in [5, 5.41) is 10.9. The van der Waals surface area contributed by atoms with Gasteiger partial charge in [-0.1, -0.05) is 13.3 Å². The number of aliphatic hydroxyl groups is 1. The molecule has 2 rings (SSSR count). The van der Waals surface area contributed by atoms with Gasteiger partial charge in [0.05, 0.1) is 30.6 Å². The van der Waals surface area contributed by atoms with E-state index in [4.69, 9.17) is 9.47 Å². The van der Waals surface area contributed by atoms with E-state index in [1.165, 1.54) is 0 Å². The molecule has 1 saturated heterocycles. The highest BCUT2D eigenvalue weighted by Crippen LogP contribution is 2.36. The standard InChI is InChI=1S/C16H25NO3/c1-4-5-14-9-16(18,6-7-19-14)13-8-15(11-17-10-13)20-12(2)3/h8,10-12,14,18H,4-7,9H2,1-3H3. The van der Waals surface area contributed by atoms with Crippen molar-refractivity contribution in [1.29, 1.82) is 0 Å². The van der Waals surface area contributed by atoms with E-state index in [0.717, 1.165) is 18.4 Å². The minimum absolute atomic E-state index is 0.101. The first-order chi connectivity index (χ1) is 9.53. The number of hydrogen-bond donors (Lipinski definition) is 1. The van der Waals surface area contributed by atoms with Gasteiger partial charge in [-0.15, -0.1) is 0 Å². The monoisotopic (exact) mass is 279 g/mol. The molecule has 2 heterocycles. The van der Waals surface area contributed by atoms with Crippen molar-refractivity contribution < 1.29 is 14.6 Å². The van der Waals surface area contributed by atoms with Crippen LogP contribution in [-0.4, -0.2) is 28.9 Å². The molecule has 1 fully saturated rings. The van der Waals surface area contributed by atoms with Crippen LogP contribution >= 0.6 is 0 Å². The summed E-state index contributed by atoms with van der Waals surface area (Å²) in [6.07, 6.45) is 6.95. The molecule has 0 aliphatic carbocycles. The number of nitrogens with zero attached hydrogens (tertiary/aromatic N) is 1. The Bertz CT molecular complexity index is 433. The van der Waals surface area contributed by atoms with Crippen LogP contribution in [0.4, 0.5) is 0 Å². The van der Waals surface area contributed by atoms with Crippen molar-refractivity contribution in [2.45, 2.75) is 64.3 Å². The molecule has 1 N–H and O–H groups in total. The quantitative estimate of drug-likeness (QED) is 0.900. The van der Waals surface area contributed by atoms with E-state index in [2.05, 4.69) is 11.9 Å². The summed E-state index contributed by atoms with van der Waals surface area (Å²) in [4.78, 5) is 4.20. The van der Waals surface area contributed by atoms with Crippen LogP contribution < -0.4 is 4.74 Å². The molecule has 0 saturated carbocycles. The van der Waals surface area contributed by atoms with E-state index in [0.29, 0.717) is 25.2 Å². The number of ether oxygens (including phenoxy) is 2. The second-order valence-electron chi connectivity index (χ2n) is 5.84. The molecule has 1 aromatic rings. The molecular formula is C16H25NO3. The summed E-state index contributed by atoms with van der Waals surface area (Å²) in [6, 6.07) is 1.90. The number of rotatable bonds is 5. The van der Waals surface area contributed by atoms with E-state index < -0.39 is 5.60 Å². The first kappa shape index (κ1) is 15.3. The van der Waals surface area contributed by atoms with Crippen LogP contribution in [0.3, 0.4) is 0 Å². The van der Waals surface area contributed by atoms with Gasteiger partial charge in [0.25, 0.3) is 0 Å². The largest absolute Gasteiger partial charge is 0.489 e. The fourth-order valence-corrected chi connectivity index (χ4v) is 2.71. The van der Waals surface area contributed by atoms with E-state index in [1.807, 2.05) is 19.9 Å². The lowest BCUT2D eigenvalue weighted by atomic mass is 9.83. The first-order valence-electron chi connectivity index (χ1n) is 7.49. The predicted octanol–water partition coefficient (Wildman–Crippen LogP) is 3.04. The lowest BCUT2D eigenvalue weighted by Crippen LogP contribution is -2.38. The van der Waals surface area contributed by atoms with Gasteiger partial charge in [0, 0.05) is 24.6 Å². The smallest absolute Gasteiger partial charge is 0.138 e. The van der Waals surface area contributed by atoms with Crippen molar-refractivity contribution in [3.05, 3.63) is 24.0 Å². The lowest BCUT2D eigenvalue weighted by molar-refractivity contribution is -0.110. The SMILES string of the molecule is CCCC1CC(O)(c2cncc(OC(C)C)c2)CCO1. The average molecular weight is 279 g/mol. The zero-order chi connectivity index (χ0) is 14.6. The molecule has 1 aliphatic rings. The van der Waals surface area contributed by atoms with Crippen LogP contribution in [0.1, 0.15) is 52.0 Å². The minimum atomic E-state index is -0.846. The molecule has 0 bridgehead atoms. The van der Waals surface area contributed by atoms with Crippen LogP contribution in [-0.2, 0) is 10.3 Å². The maximum Gasteiger partial charge on any atom is 0.138 e. The highest BCUT2D eigenvalue weighted by molar-refractivity contribution is 5.28. The zero-order valence-corrected chi connectivity index (χ0v) is 12.6. The van der Waals surface area contributed by atoms with Gasteiger partial charge in [0.1, 0.15) is 5.75 Å². The number of hydrogen-bond acceptors (Lipinski definition) is 4. The third-order valence-corrected chi connectivity index (χ3v) is 3.67. The van der Waals surface area contributed by atoms with Crippen molar-refractivity contribution in [2.75, 3.05) is 6.61 Å². The van der Waals surface area contributed by atoms with Crippen LogP contribution in [0, 0.1) is 0 Å². The summed E-state index contributed by atoms with van der Waals surface area (Å²) in [6.45, 7) is 6.69. The Balaban J connectivity index is 2.16. The Hall–Kier alpha value is -1.13. The summed E-state index contributed by atoms with van der Waals surface area (Å²) in [5.41, 5.74) is -0.0124. The Morgan fingerprint density at radius 1 is 1.50 bits per heavy atom. The molecule has 0 spiro atoms. The maximum atomic E-state index is 10.9. The molecule has 1 aromatic heterocycles. The third kappa shape index (κ3) is 3.70. The second-order valence-corrected chi connectivity index (χ2v) is 5.84. The van der Waals surface area contributed by atoms with Gasteiger partial charge in [-0.05, 0) is 26.3 Å². The van der Waals surface area contributed by atoms with Gasteiger partial charge in [0.2, 0.25) is 0 Å². The Morgan fingerprint density at radius 3 is 3.00 bits per heavy atom. The molecule has 0 radical (unpaired) electrons. The Morgan fingerprint density at radius 2 is 2.30 bits per heavy atom. The first-order valence-corrected chi connectivity index (χ1v) is 7.49. The van der Waals surface area contributed by atoms with Gasteiger partial charge < -0.3 is 14.6 Å². The average Bonchev–Trinajstić information content (AvgIpc) is 2.39. The summed E-state index contributed by atoms with van der Waals surface area (Å²) < 4.78 is 11.4. The predicted molar refractivity (Wildman–Crippen MR) is 77.8 cm³/mol. The Labute approximate surface area is 121 Å². The maximum absolute atomic E-state index is 10.9. The van der Waals surface area contributed by atoms with Crippen LogP contribution in [0.5, 0.6) is 5.75 Å². The summed E-state index contributed by atoms with van der Waals surface area (Å²) in [7, 11) is 0. The van der Waals surface area contributed by atoms with Gasteiger partial charge in [-0.25, -0.2) is 0 Å². The molecule has 20 heavy (non-hydrogen) atoms. The molecule has 112 valence electrons. The van der Waals surface area contributed by atoms with Gasteiger partial charge in [-0.3, -0.25) is 4.98 Å².